The SMILES string of the molecule is COc1ccc(-n2c(SCC(=O)N(CCC#N)c3ccccc3)nnc2-c2ccccc2)cc1. The molecule has 0 unspecified atom stereocenters. The number of aromatic nitrogens is 3. The summed E-state index contributed by atoms with van der Waals surface area (Å²) in [5.41, 5.74) is 2.55. The van der Waals surface area contributed by atoms with Crippen molar-refractivity contribution in [3.8, 4) is 28.9 Å². The molecule has 4 aromatic rings. The number of ether oxygens (including phenoxy) is 1. The molecule has 0 spiro atoms. The molecule has 0 aliphatic carbocycles. The molecule has 8 heteroatoms. The van der Waals surface area contributed by atoms with Gasteiger partial charge in [-0.15, -0.1) is 10.2 Å². The van der Waals surface area contributed by atoms with Gasteiger partial charge in [0, 0.05) is 23.5 Å². The van der Waals surface area contributed by atoms with Crippen molar-refractivity contribution in [3.05, 3.63) is 84.9 Å². The van der Waals surface area contributed by atoms with Crippen LogP contribution >= 0.6 is 11.8 Å². The first-order valence-electron chi connectivity index (χ1n) is 10.7. The predicted molar refractivity (Wildman–Crippen MR) is 133 cm³/mol. The van der Waals surface area contributed by atoms with Gasteiger partial charge in [0.2, 0.25) is 5.91 Å². The number of nitrogens with zero attached hydrogens (tertiary/aromatic N) is 5. The first-order valence-corrected chi connectivity index (χ1v) is 11.7. The van der Waals surface area contributed by atoms with E-state index in [1.807, 2.05) is 89.5 Å². The third-order valence-electron chi connectivity index (χ3n) is 5.14. The van der Waals surface area contributed by atoms with Crippen molar-refractivity contribution in [2.45, 2.75) is 11.6 Å². The number of rotatable bonds is 9. The van der Waals surface area contributed by atoms with E-state index in [0.717, 1.165) is 22.7 Å². The zero-order valence-corrected chi connectivity index (χ0v) is 19.5. The number of hydrogen-bond donors (Lipinski definition) is 0. The molecule has 3 aromatic carbocycles. The van der Waals surface area contributed by atoms with Crippen LogP contribution in [0.4, 0.5) is 5.69 Å². The van der Waals surface area contributed by atoms with Gasteiger partial charge in [-0.05, 0) is 36.4 Å². The van der Waals surface area contributed by atoms with Gasteiger partial charge in [0.1, 0.15) is 5.75 Å². The largest absolute Gasteiger partial charge is 0.497 e. The van der Waals surface area contributed by atoms with Crippen molar-refractivity contribution in [2.75, 3.05) is 24.3 Å². The second-order valence-electron chi connectivity index (χ2n) is 7.28. The van der Waals surface area contributed by atoms with E-state index in [2.05, 4.69) is 16.3 Å². The van der Waals surface area contributed by atoms with Crippen LogP contribution in [0, 0.1) is 11.3 Å². The van der Waals surface area contributed by atoms with E-state index in [9.17, 15) is 4.79 Å². The molecule has 0 saturated carbocycles. The van der Waals surface area contributed by atoms with Gasteiger partial charge < -0.3 is 9.64 Å². The van der Waals surface area contributed by atoms with E-state index >= 15 is 0 Å². The number of nitriles is 1. The predicted octanol–water partition coefficient (Wildman–Crippen LogP) is 4.98. The number of anilines is 1. The smallest absolute Gasteiger partial charge is 0.237 e. The average molecular weight is 470 g/mol. The molecule has 0 radical (unpaired) electrons. The van der Waals surface area contributed by atoms with Gasteiger partial charge in [0.05, 0.1) is 25.4 Å². The Kier molecular flexibility index (Phi) is 7.58. The molecule has 1 heterocycles. The average Bonchev–Trinajstić information content (AvgIpc) is 3.33. The van der Waals surface area contributed by atoms with Crippen molar-refractivity contribution >= 4 is 23.4 Å². The summed E-state index contributed by atoms with van der Waals surface area (Å²) in [5.74, 6) is 1.49. The lowest BCUT2D eigenvalue weighted by atomic mass is 10.2. The first kappa shape index (κ1) is 23.1. The van der Waals surface area contributed by atoms with Crippen molar-refractivity contribution in [3.63, 3.8) is 0 Å². The van der Waals surface area contributed by atoms with Gasteiger partial charge in [0.25, 0.3) is 0 Å². The van der Waals surface area contributed by atoms with E-state index in [4.69, 9.17) is 10.00 Å². The second-order valence-corrected chi connectivity index (χ2v) is 8.23. The lowest BCUT2D eigenvalue weighted by Crippen LogP contribution is -2.33. The fraction of sp³-hybridized carbons (Fsp3) is 0.154. The number of thioether (sulfide) groups is 1. The third kappa shape index (κ3) is 5.27. The van der Waals surface area contributed by atoms with Crippen molar-refractivity contribution in [1.29, 1.82) is 5.26 Å². The summed E-state index contributed by atoms with van der Waals surface area (Å²) < 4.78 is 7.23. The Morgan fingerprint density at radius 1 is 1.00 bits per heavy atom. The van der Waals surface area contributed by atoms with Crippen LogP contribution in [0.3, 0.4) is 0 Å². The number of methoxy groups -OCH3 is 1. The van der Waals surface area contributed by atoms with Crippen molar-refractivity contribution in [2.24, 2.45) is 0 Å². The minimum absolute atomic E-state index is 0.100. The maximum Gasteiger partial charge on any atom is 0.237 e. The Balaban J connectivity index is 1.63. The summed E-state index contributed by atoms with van der Waals surface area (Å²) in [4.78, 5) is 14.8. The summed E-state index contributed by atoms with van der Waals surface area (Å²) in [7, 11) is 1.63. The second kappa shape index (κ2) is 11.2. The highest BCUT2D eigenvalue weighted by Crippen LogP contribution is 2.29. The Morgan fingerprint density at radius 2 is 1.68 bits per heavy atom. The number of para-hydroxylation sites is 1. The van der Waals surface area contributed by atoms with Gasteiger partial charge in [-0.2, -0.15) is 5.26 Å². The van der Waals surface area contributed by atoms with E-state index in [1.54, 1.807) is 12.0 Å². The summed E-state index contributed by atoms with van der Waals surface area (Å²) >= 11 is 1.32. The summed E-state index contributed by atoms with van der Waals surface area (Å²) in [5, 5.41) is 18.5. The molecule has 1 amide bonds. The zero-order chi connectivity index (χ0) is 23.8. The molecule has 170 valence electrons. The first-order chi connectivity index (χ1) is 16.7. The number of carbonyl (C=O) groups is 1. The molecule has 0 N–H and O–H groups in total. The minimum Gasteiger partial charge on any atom is -0.497 e. The molecule has 0 atom stereocenters. The van der Waals surface area contributed by atoms with Crippen LogP contribution in [0.1, 0.15) is 6.42 Å². The van der Waals surface area contributed by atoms with Crippen LogP contribution in [0.15, 0.2) is 90.1 Å². The lowest BCUT2D eigenvalue weighted by molar-refractivity contribution is -0.116. The third-order valence-corrected chi connectivity index (χ3v) is 6.05. The maximum absolute atomic E-state index is 13.2. The van der Waals surface area contributed by atoms with Crippen molar-refractivity contribution < 1.29 is 9.53 Å². The molecule has 0 saturated heterocycles. The maximum atomic E-state index is 13.2. The Hall–Kier alpha value is -4.09. The fourth-order valence-electron chi connectivity index (χ4n) is 3.47. The molecule has 7 nitrogen and oxygen atoms in total. The monoisotopic (exact) mass is 469 g/mol. The van der Waals surface area contributed by atoms with Crippen molar-refractivity contribution in [1.82, 2.24) is 14.8 Å². The number of amides is 1. The minimum atomic E-state index is -0.100. The molecule has 1 aromatic heterocycles. The summed E-state index contributed by atoms with van der Waals surface area (Å²) in [6.07, 6.45) is 0.255. The molecule has 0 aliphatic heterocycles. The Bertz CT molecular complexity index is 1270. The van der Waals surface area contributed by atoms with Crippen LogP contribution in [0.25, 0.3) is 17.1 Å². The molecular weight excluding hydrogens is 446 g/mol. The van der Waals surface area contributed by atoms with Crippen LogP contribution in [-0.4, -0.2) is 40.1 Å². The highest BCUT2D eigenvalue weighted by molar-refractivity contribution is 7.99. The molecule has 4 rings (SSSR count). The standard InChI is InChI=1S/C26H23N5O2S/c1-33-23-15-13-22(14-16-23)31-25(20-9-4-2-5-10-20)28-29-26(31)34-19-24(32)30(18-8-17-27)21-11-6-3-7-12-21/h2-7,9-16H,8,18-19H2,1H3. The topological polar surface area (TPSA) is 84.0 Å². The highest BCUT2D eigenvalue weighted by Gasteiger charge is 2.20. The van der Waals surface area contributed by atoms with E-state index in [-0.39, 0.29) is 18.1 Å². The Labute approximate surface area is 202 Å². The van der Waals surface area contributed by atoms with Crippen LogP contribution in [-0.2, 0) is 4.79 Å². The van der Waals surface area contributed by atoms with Crippen LogP contribution < -0.4 is 9.64 Å². The summed E-state index contributed by atoms with van der Waals surface area (Å²) in [6, 6.07) is 28.9. The molecular formula is C26H23N5O2S. The molecule has 34 heavy (non-hydrogen) atoms. The normalized spacial score (nSPS) is 10.5. The lowest BCUT2D eigenvalue weighted by Gasteiger charge is -2.21. The number of benzene rings is 3. The fourth-order valence-corrected chi connectivity index (χ4v) is 4.30. The van der Waals surface area contributed by atoms with Gasteiger partial charge in [0.15, 0.2) is 11.0 Å². The van der Waals surface area contributed by atoms with Crippen LogP contribution in [0.2, 0.25) is 0 Å². The zero-order valence-electron chi connectivity index (χ0n) is 18.7. The quantitative estimate of drug-likeness (QED) is 0.322. The highest BCUT2D eigenvalue weighted by atomic mass is 32.2. The van der Waals surface area contributed by atoms with E-state index < -0.39 is 0 Å². The van der Waals surface area contributed by atoms with Crippen LogP contribution in [0.5, 0.6) is 5.75 Å². The van der Waals surface area contributed by atoms with Gasteiger partial charge >= 0.3 is 0 Å². The van der Waals surface area contributed by atoms with E-state index in [1.165, 1.54) is 11.8 Å². The van der Waals surface area contributed by atoms with Gasteiger partial charge in [-0.3, -0.25) is 9.36 Å². The van der Waals surface area contributed by atoms with Gasteiger partial charge in [-0.1, -0.05) is 60.3 Å². The Morgan fingerprint density at radius 3 is 2.32 bits per heavy atom. The summed E-state index contributed by atoms with van der Waals surface area (Å²) in [6.45, 7) is 0.334. The molecule has 0 fully saturated rings. The van der Waals surface area contributed by atoms with E-state index in [0.29, 0.717) is 17.5 Å². The number of carbonyl (C=O) groups excluding carboxylic acids is 1. The van der Waals surface area contributed by atoms with Gasteiger partial charge in [-0.25, -0.2) is 0 Å². The number of hydrogen-bond acceptors (Lipinski definition) is 6. The molecule has 0 aliphatic rings. The molecule has 0 bridgehead atoms.